The van der Waals surface area contributed by atoms with E-state index in [9.17, 15) is 14.4 Å². The Labute approximate surface area is 159 Å². The van der Waals surface area contributed by atoms with Gasteiger partial charge in [-0.2, -0.15) is 0 Å². The van der Waals surface area contributed by atoms with Gasteiger partial charge in [-0.25, -0.2) is 4.79 Å². The van der Waals surface area contributed by atoms with E-state index < -0.39 is 24.4 Å². The van der Waals surface area contributed by atoms with Crippen molar-refractivity contribution in [1.29, 1.82) is 0 Å². The molecule has 0 saturated carbocycles. The van der Waals surface area contributed by atoms with Gasteiger partial charge in [0.2, 0.25) is 0 Å². The first-order valence-electron chi connectivity index (χ1n) is 8.24. The smallest absolute Gasteiger partial charge is 0.331 e. The minimum atomic E-state index is -0.694. The monoisotopic (exact) mass is 387 g/mol. The van der Waals surface area contributed by atoms with E-state index in [2.05, 4.69) is 5.32 Å². The van der Waals surface area contributed by atoms with Crippen LogP contribution in [0.2, 0.25) is 0 Å². The fourth-order valence-corrected chi connectivity index (χ4v) is 2.88. The fraction of sp³-hybridized carbons (Fsp3) is 0.211. The second kappa shape index (κ2) is 9.00. The predicted molar refractivity (Wildman–Crippen MR) is 98.8 cm³/mol. The largest absolute Gasteiger partial charge is 0.490 e. The maximum Gasteiger partial charge on any atom is 0.331 e. The van der Waals surface area contributed by atoms with E-state index in [1.807, 2.05) is 0 Å². The lowest BCUT2D eigenvalue weighted by molar-refractivity contribution is -0.143. The highest BCUT2D eigenvalue weighted by molar-refractivity contribution is 7.12. The molecule has 0 unspecified atom stereocenters. The van der Waals surface area contributed by atoms with Crippen LogP contribution in [0.4, 0.5) is 0 Å². The molecule has 8 heteroatoms. The molecule has 2 aromatic rings. The topological polar surface area (TPSA) is 90.9 Å². The standard InChI is InChI=1S/C19H17NO6S/c21-17(20-19(23)16-3-1-10-27-16)12-26-18(22)7-5-13-4-6-14-15(11-13)25-9-2-8-24-14/h1,3-7,10-11H,2,8-9,12H2,(H,20,21,23)/b7-5+. The number of carbonyl (C=O) groups is 3. The number of nitrogens with one attached hydrogen (secondary N) is 1. The van der Waals surface area contributed by atoms with E-state index in [-0.39, 0.29) is 0 Å². The molecule has 0 bridgehead atoms. The highest BCUT2D eigenvalue weighted by atomic mass is 32.1. The lowest BCUT2D eigenvalue weighted by Gasteiger charge is -2.07. The Bertz CT molecular complexity index is 859. The lowest BCUT2D eigenvalue weighted by atomic mass is 10.2. The first-order chi connectivity index (χ1) is 13.1. The summed E-state index contributed by atoms with van der Waals surface area (Å²) in [5, 5.41) is 3.88. The van der Waals surface area contributed by atoms with Gasteiger partial charge in [-0.05, 0) is 35.2 Å². The highest BCUT2D eigenvalue weighted by Crippen LogP contribution is 2.30. The number of carbonyl (C=O) groups excluding carboxylic acids is 3. The van der Waals surface area contributed by atoms with Gasteiger partial charge in [-0.1, -0.05) is 12.1 Å². The van der Waals surface area contributed by atoms with Gasteiger partial charge in [-0.3, -0.25) is 14.9 Å². The van der Waals surface area contributed by atoms with Crippen LogP contribution in [0.25, 0.3) is 6.08 Å². The zero-order valence-corrected chi connectivity index (χ0v) is 15.1. The molecule has 0 radical (unpaired) electrons. The van der Waals surface area contributed by atoms with Crippen molar-refractivity contribution >= 4 is 35.2 Å². The molecular weight excluding hydrogens is 370 g/mol. The molecule has 2 amide bonds. The Morgan fingerprint density at radius 3 is 2.74 bits per heavy atom. The molecule has 1 aromatic heterocycles. The number of amides is 2. The van der Waals surface area contributed by atoms with Gasteiger partial charge in [0.05, 0.1) is 18.1 Å². The van der Waals surface area contributed by atoms with Crippen LogP contribution < -0.4 is 14.8 Å². The van der Waals surface area contributed by atoms with E-state index in [4.69, 9.17) is 14.2 Å². The number of hydrogen-bond acceptors (Lipinski definition) is 7. The maximum atomic E-state index is 11.8. The van der Waals surface area contributed by atoms with Crippen LogP contribution in [0.15, 0.2) is 41.8 Å². The van der Waals surface area contributed by atoms with Gasteiger partial charge < -0.3 is 14.2 Å². The Morgan fingerprint density at radius 2 is 1.96 bits per heavy atom. The molecule has 0 atom stereocenters. The number of esters is 1. The quantitative estimate of drug-likeness (QED) is 0.626. The van der Waals surface area contributed by atoms with E-state index in [1.54, 1.807) is 41.8 Å². The summed E-state index contributed by atoms with van der Waals surface area (Å²) in [6.07, 6.45) is 3.56. The molecule has 0 saturated heterocycles. The molecule has 3 rings (SSSR count). The molecule has 1 aliphatic heterocycles. The third-order valence-corrected chi connectivity index (χ3v) is 4.40. The third-order valence-electron chi connectivity index (χ3n) is 3.53. The molecule has 140 valence electrons. The van der Waals surface area contributed by atoms with Gasteiger partial charge in [0.1, 0.15) is 0 Å². The zero-order chi connectivity index (χ0) is 19.1. The molecule has 1 aliphatic rings. The average Bonchev–Trinajstić information content (AvgIpc) is 3.11. The summed E-state index contributed by atoms with van der Waals surface area (Å²) in [5.74, 6) is -0.617. The number of rotatable bonds is 5. The number of hydrogen-bond donors (Lipinski definition) is 1. The summed E-state index contributed by atoms with van der Waals surface area (Å²) in [5.41, 5.74) is 0.730. The molecule has 1 aromatic carbocycles. The molecule has 1 N–H and O–H groups in total. The molecule has 7 nitrogen and oxygen atoms in total. The molecule has 2 heterocycles. The van der Waals surface area contributed by atoms with Crippen molar-refractivity contribution in [3.05, 3.63) is 52.2 Å². The molecule has 0 spiro atoms. The van der Waals surface area contributed by atoms with Gasteiger partial charge in [0.15, 0.2) is 18.1 Å². The Balaban J connectivity index is 1.48. The third kappa shape index (κ3) is 5.42. The summed E-state index contributed by atoms with van der Waals surface area (Å²) in [6, 6.07) is 8.61. The zero-order valence-electron chi connectivity index (χ0n) is 14.3. The van der Waals surface area contributed by atoms with Crippen LogP contribution in [0.5, 0.6) is 11.5 Å². The Kier molecular flexibility index (Phi) is 6.22. The Hall–Kier alpha value is -3.13. The second-order valence-corrected chi connectivity index (χ2v) is 6.50. The van der Waals surface area contributed by atoms with E-state index in [0.717, 1.165) is 12.0 Å². The second-order valence-electron chi connectivity index (χ2n) is 5.55. The summed E-state index contributed by atoms with van der Waals surface area (Å²) in [4.78, 5) is 35.5. The van der Waals surface area contributed by atoms with Crippen LogP contribution in [-0.4, -0.2) is 37.6 Å². The van der Waals surface area contributed by atoms with Crippen molar-refractivity contribution in [2.24, 2.45) is 0 Å². The van der Waals surface area contributed by atoms with Gasteiger partial charge in [0.25, 0.3) is 11.8 Å². The van der Waals surface area contributed by atoms with Crippen LogP contribution in [-0.2, 0) is 14.3 Å². The first-order valence-corrected chi connectivity index (χ1v) is 9.12. The minimum absolute atomic E-state index is 0.406. The number of fused-ring (bicyclic) bond motifs is 1. The van der Waals surface area contributed by atoms with Crippen molar-refractivity contribution in [2.45, 2.75) is 6.42 Å². The number of ether oxygens (including phenoxy) is 3. The molecule has 0 fully saturated rings. The minimum Gasteiger partial charge on any atom is -0.490 e. The molecule has 27 heavy (non-hydrogen) atoms. The van der Waals surface area contributed by atoms with E-state index in [0.29, 0.717) is 29.6 Å². The van der Waals surface area contributed by atoms with E-state index >= 15 is 0 Å². The van der Waals surface area contributed by atoms with Gasteiger partial charge >= 0.3 is 5.97 Å². The van der Waals surface area contributed by atoms with Crippen molar-refractivity contribution in [2.75, 3.05) is 19.8 Å². The summed E-state index contributed by atoms with van der Waals surface area (Å²) >= 11 is 1.21. The Morgan fingerprint density at radius 1 is 1.15 bits per heavy atom. The SMILES string of the molecule is O=C(COC(=O)/C=C/c1ccc2c(c1)OCCCO2)NC(=O)c1cccs1. The number of thiophene rings is 1. The molecule has 0 aliphatic carbocycles. The summed E-state index contributed by atoms with van der Waals surface area (Å²) < 4.78 is 16.0. The van der Waals surface area contributed by atoms with Crippen molar-refractivity contribution in [1.82, 2.24) is 5.32 Å². The van der Waals surface area contributed by atoms with Crippen molar-refractivity contribution in [3.63, 3.8) is 0 Å². The van der Waals surface area contributed by atoms with E-state index in [1.165, 1.54) is 17.4 Å². The summed E-state index contributed by atoms with van der Waals surface area (Å²) in [7, 11) is 0. The normalized spacial score (nSPS) is 13.0. The summed E-state index contributed by atoms with van der Waals surface area (Å²) in [6.45, 7) is 0.633. The first kappa shape index (κ1) is 18.7. The lowest BCUT2D eigenvalue weighted by Crippen LogP contribution is -2.33. The molecular formula is C19H17NO6S. The fourth-order valence-electron chi connectivity index (χ4n) is 2.26. The average molecular weight is 387 g/mol. The van der Waals surface area contributed by atoms with Crippen LogP contribution in [0.3, 0.4) is 0 Å². The van der Waals surface area contributed by atoms with Crippen LogP contribution >= 0.6 is 11.3 Å². The van der Waals surface area contributed by atoms with Crippen LogP contribution in [0, 0.1) is 0 Å². The van der Waals surface area contributed by atoms with Crippen molar-refractivity contribution in [3.8, 4) is 11.5 Å². The maximum absolute atomic E-state index is 11.8. The highest BCUT2D eigenvalue weighted by Gasteiger charge is 2.13. The van der Waals surface area contributed by atoms with Gasteiger partial charge in [0, 0.05) is 12.5 Å². The number of imide groups is 1. The predicted octanol–water partition coefficient (Wildman–Crippen LogP) is 2.42. The number of benzene rings is 1. The van der Waals surface area contributed by atoms with Crippen LogP contribution in [0.1, 0.15) is 21.7 Å². The van der Waals surface area contributed by atoms with Gasteiger partial charge in [-0.15, -0.1) is 11.3 Å². The van der Waals surface area contributed by atoms with Crippen molar-refractivity contribution < 1.29 is 28.6 Å².